The predicted molar refractivity (Wildman–Crippen MR) is 164 cm³/mol. The second kappa shape index (κ2) is 12.1. The number of nitrogens with zero attached hydrogens (tertiary/aromatic N) is 8. The molecule has 250 valence electrons. The number of fused-ring (bicyclic) bond motifs is 1. The number of ether oxygens (including phenoxy) is 1. The SMILES string of the molecule is O=C(Nc1cnc(Oc2ccc(-c3cnn4ccc(N5CCC5)nc34)cc2)nc1)Nc1cc(C(F)(F)F)ccc1-n1ccc(C(F)(F)F)n1. The first-order valence-corrected chi connectivity index (χ1v) is 14.5. The number of carbonyl (C=O) groups excluding carboxylic acids is 1. The van der Waals surface area contributed by atoms with Gasteiger partial charge in [0.1, 0.15) is 11.6 Å². The van der Waals surface area contributed by atoms with Gasteiger partial charge in [0.25, 0.3) is 0 Å². The molecule has 0 atom stereocenters. The monoisotopic (exact) mass is 680 g/mol. The Bertz CT molecular complexity index is 2140. The van der Waals surface area contributed by atoms with Crippen molar-refractivity contribution in [3.63, 3.8) is 0 Å². The van der Waals surface area contributed by atoms with Gasteiger partial charge in [0, 0.05) is 31.0 Å². The first-order valence-electron chi connectivity index (χ1n) is 14.5. The molecule has 49 heavy (non-hydrogen) atoms. The summed E-state index contributed by atoms with van der Waals surface area (Å²) in [7, 11) is 0. The molecular weight excluding hydrogens is 658 g/mol. The number of halogens is 6. The number of rotatable bonds is 7. The fraction of sp³-hybridized carbons (Fsp3) is 0.161. The maximum absolute atomic E-state index is 13.4. The van der Waals surface area contributed by atoms with Gasteiger partial charge in [-0.1, -0.05) is 12.1 Å². The first kappa shape index (κ1) is 31.4. The second-order valence-electron chi connectivity index (χ2n) is 10.8. The molecule has 5 heterocycles. The molecule has 0 radical (unpaired) electrons. The lowest BCUT2D eigenvalue weighted by Crippen LogP contribution is -2.37. The van der Waals surface area contributed by atoms with E-state index in [1.165, 1.54) is 12.4 Å². The fourth-order valence-electron chi connectivity index (χ4n) is 4.93. The molecule has 2 aromatic carbocycles. The van der Waals surface area contributed by atoms with Crippen molar-refractivity contribution in [2.24, 2.45) is 0 Å². The third-order valence-corrected chi connectivity index (χ3v) is 7.49. The van der Waals surface area contributed by atoms with Crippen molar-refractivity contribution >= 4 is 28.9 Å². The maximum Gasteiger partial charge on any atom is 0.435 e. The van der Waals surface area contributed by atoms with Crippen LogP contribution in [0.2, 0.25) is 0 Å². The van der Waals surface area contributed by atoms with Crippen LogP contribution in [0.3, 0.4) is 0 Å². The maximum atomic E-state index is 13.4. The van der Waals surface area contributed by atoms with Gasteiger partial charge in [-0.25, -0.2) is 28.9 Å². The third-order valence-electron chi connectivity index (χ3n) is 7.49. The lowest BCUT2D eigenvalue weighted by atomic mass is 10.1. The largest absolute Gasteiger partial charge is 0.435 e. The highest BCUT2D eigenvalue weighted by molar-refractivity contribution is 6.01. The molecule has 1 fully saturated rings. The molecule has 1 aliphatic heterocycles. The topological polar surface area (TPSA) is 127 Å². The Labute approximate surface area is 272 Å². The minimum absolute atomic E-state index is 0.0466. The quantitative estimate of drug-likeness (QED) is 0.172. The predicted octanol–water partition coefficient (Wildman–Crippen LogP) is 7.06. The van der Waals surface area contributed by atoms with E-state index in [1.807, 2.05) is 24.4 Å². The standard InChI is InChI=1S/C31H22F6N10O2/c32-30(33,34)19-4-7-24(46-12-8-25(44-46)31(35,36)37)23(14-19)42-28(48)41-20-15-38-29(39-16-20)49-21-5-2-18(3-6-21)22-17-40-47-13-9-26(43-27(22)47)45-10-1-11-45/h2-9,12-17H,1,10-11H2,(H2,41,42,48). The van der Waals surface area contributed by atoms with E-state index >= 15 is 0 Å². The lowest BCUT2D eigenvalue weighted by Gasteiger charge is -2.31. The Balaban J connectivity index is 1.02. The zero-order valence-corrected chi connectivity index (χ0v) is 24.9. The summed E-state index contributed by atoms with van der Waals surface area (Å²) in [5.41, 5.74) is -0.631. The van der Waals surface area contributed by atoms with Crippen LogP contribution in [0.1, 0.15) is 17.7 Å². The summed E-state index contributed by atoms with van der Waals surface area (Å²) in [6.45, 7) is 1.94. The molecule has 1 saturated heterocycles. The molecule has 7 rings (SSSR count). The molecule has 4 aromatic heterocycles. The van der Waals surface area contributed by atoms with Gasteiger partial charge in [-0.15, -0.1) is 0 Å². The van der Waals surface area contributed by atoms with Crippen LogP contribution in [0.15, 0.2) is 85.6 Å². The average molecular weight is 681 g/mol. The van der Waals surface area contributed by atoms with Crippen molar-refractivity contribution in [3.05, 3.63) is 96.8 Å². The third kappa shape index (κ3) is 6.65. The highest BCUT2D eigenvalue weighted by Gasteiger charge is 2.35. The average Bonchev–Trinajstić information content (AvgIpc) is 3.69. The fourth-order valence-corrected chi connectivity index (χ4v) is 4.93. The Kier molecular flexibility index (Phi) is 7.76. The number of carbonyl (C=O) groups is 1. The number of alkyl halides is 6. The van der Waals surface area contributed by atoms with Gasteiger partial charge < -0.3 is 20.3 Å². The molecule has 6 aromatic rings. The molecule has 0 aliphatic carbocycles. The summed E-state index contributed by atoms with van der Waals surface area (Å²) >= 11 is 0. The molecule has 0 spiro atoms. The molecule has 12 nitrogen and oxygen atoms in total. The lowest BCUT2D eigenvalue weighted by molar-refractivity contribution is -0.141. The number of hydrogen-bond acceptors (Lipinski definition) is 8. The van der Waals surface area contributed by atoms with E-state index in [-0.39, 0.29) is 17.4 Å². The summed E-state index contributed by atoms with van der Waals surface area (Å²) in [4.78, 5) is 27.8. The minimum Gasteiger partial charge on any atom is -0.424 e. The van der Waals surface area contributed by atoms with Crippen molar-refractivity contribution < 1.29 is 35.9 Å². The van der Waals surface area contributed by atoms with Gasteiger partial charge >= 0.3 is 24.4 Å². The molecule has 0 saturated carbocycles. The van der Waals surface area contributed by atoms with Crippen molar-refractivity contribution in [2.75, 3.05) is 28.6 Å². The van der Waals surface area contributed by atoms with Crippen LogP contribution >= 0.6 is 0 Å². The number of benzene rings is 2. The van der Waals surface area contributed by atoms with E-state index in [2.05, 4.69) is 35.7 Å². The molecule has 2 N–H and O–H groups in total. The molecule has 2 amide bonds. The normalized spacial score (nSPS) is 13.3. The Hall–Kier alpha value is -6.20. The van der Waals surface area contributed by atoms with E-state index in [0.29, 0.717) is 28.6 Å². The summed E-state index contributed by atoms with van der Waals surface area (Å²) in [6.07, 6.45) is -1.52. The Morgan fingerprint density at radius 3 is 2.24 bits per heavy atom. The van der Waals surface area contributed by atoms with Crippen LogP contribution in [0, 0.1) is 0 Å². The summed E-state index contributed by atoms with van der Waals surface area (Å²) in [6, 6.07) is 10.7. The van der Waals surface area contributed by atoms with Gasteiger partial charge in [0.15, 0.2) is 11.3 Å². The minimum atomic E-state index is -4.79. The highest BCUT2D eigenvalue weighted by Crippen LogP contribution is 2.35. The summed E-state index contributed by atoms with van der Waals surface area (Å²) in [5.74, 6) is 1.31. The van der Waals surface area contributed by atoms with Gasteiger partial charge in [-0.3, -0.25) is 0 Å². The number of anilines is 3. The van der Waals surface area contributed by atoms with Crippen molar-refractivity contribution in [3.8, 4) is 28.6 Å². The number of nitrogens with one attached hydrogen (secondary N) is 2. The van der Waals surface area contributed by atoms with Crippen LogP contribution in [0.5, 0.6) is 11.8 Å². The summed E-state index contributed by atoms with van der Waals surface area (Å²) < 4.78 is 87.5. The zero-order valence-electron chi connectivity index (χ0n) is 24.9. The molecule has 0 unspecified atom stereocenters. The van der Waals surface area contributed by atoms with E-state index in [0.717, 1.165) is 54.4 Å². The first-order chi connectivity index (χ1) is 23.4. The van der Waals surface area contributed by atoms with Crippen LogP contribution < -0.4 is 20.3 Å². The molecule has 0 bridgehead atoms. The van der Waals surface area contributed by atoms with Crippen LogP contribution in [-0.4, -0.2) is 53.5 Å². The molecule has 1 aliphatic rings. The van der Waals surface area contributed by atoms with Gasteiger partial charge in [-0.05, 0) is 54.4 Å². The van der Waals surface area contributed by atoms with E-state index in [4.69, 9.17) is 9.72 Å². The van der Waals surface area contributed by atoms with E-state index in [9.17, 15) is 31.1 Å². The van der Waals surface area contributed by atoms with Gasteiger partial charge in [0.05, 0.1) is 41.2 Å². The van der Waals surface area contributed by atoms with Crippen LogP contribution in [-0.2, 0) is 12.4 Å². The van der Waals surface area contributed by atoms with E-state index in [1.54, 1.807) is 22.8 Å². The zero-order chi connectivity index (χ0) is 34.3. The smallest absolute Gasteiger partial charge is 0.424 e. The highest BCUT2D eigenvalue weighted by atomic mass is 19.4. The number of amides is 2. The van der Waals surface area contributed by atoms with Crippen LogP contribution in [0.4, 0.5) is 48.3 Å². The molecular formula is C31H22F6N10O2. The Morgan fingerprint density at radius 1 is 0.837 bits per heavy atom. The van der Waals surface area contributed by atoms with Crippen molar-refractivity contribution in [1.29, 1.82) is 0 Å². The van der Waals surface area contributed by atoms with Gasteiger partial charge in [0.2, 0.25) is 0 Å². The van der Waals surface area contributed by atoms with Crippen molar-refractivity contribution in [2.45, 2.75) is 18.8 Å². The number of urea groups is 1. The van der Waals surface area contributed by atoms with E-state index < -0.39 is 35.3 Å². The molecule has 18 heteroatoms. The van der Waals surface area contributed by atoms with Gasteiger partial charge in [-0.2, -0.15) is 36.5 Å². The summed E-state index contributed by atoms with van der Waals surface area (Å²) in [5, 5.41) is 12.4. The number of hydrogen-bond donors (Lipinski definition) is 2. The van der Waals surface area contributed by atoms with Crippen molar-refractivity contribution in [1.82, 2.24) is 34.3 Å². The van der Waals surface area contributed by atoms with Crippen LogP contribution in [0.25, 0.3) is 22.5 Å². The number of aromatic nitrogens is 7. The Morgan fingerprint density at radius 2 is 1.59 bits per heavy atom. The second-order valence-corrected chi connectivity index (χ2v) is 10.8.